The number of amides is 2. The number of anilines is 2. The molecule has 15 nitrogen and oxygen atoms in total. The Bertz CT molecular complexity index is 2240. The van der Waals surface area contributed by atoms with Gasteiger partial charge in [-0.1, -0.05) is 12.8 Å². The van der Waals surface area contributed by atoms with Crippen LogP contribution in [0.15, 0.2) is 48.8 Å². The molecule has 4 heterocycles. The fraction of sp³-hybridized carbons (Fsp3) is 0.500. The Morgan fingerprint density at radius 3 is 1.43 bits per heavy atom. The minimum Gasteiger partial charge on any atom is -0.504 e. The number of aromatic hydroxyl groups is 1. The van der Waals surface area contributed by atoms with Crippen LogP contribution >= 0.6 is 0 Å². The number of phenolic OH excluding ortho intramolecular Hbond substituents is 1. The van der Waals surface area contributed by atoms with Gasteiger partial charge in [0, 0.05) is 80.6 Å². The van der Waals surface area contributed by atoms with Crippen molar-refractivity contribution in [2.45, 2.75) is 76.0 Å². The van der Waals surface area contributed by atoms with E-state index in [0.717, 1.165) is 42.9 Å². The number of aliphatic hydroxyl groups is 1. The van der Waals surface area contributed by atoms with Gasteiger partial charge >= 0.3 is 0 Å². The van der Waals surface area contributed by atoms with E-state index in [1.54, 1.807) is 48.5 Å². The summed E-state index contributed by atoms with van der Waals surface area (Å²) in [6.45, 7) is 2.93. The molecule has 6 N–H and O–H groups in total. The number of likely N-dealkylation sites (tertiary alicyclic amines) is 2. The Balaban J connectivity index is 0.000000193. The standard InChI is InChI=1S/C24H30FN3O4.C19H22FN3O4.C5H10O/c1-30-20-12-23(26)27-13-18(20)16-6-8-28(9-7-16)24(29)17-10-21(31-2)22(11-19(17)25)32-14-15-4-3-5-15;1-26-16-9-18(21)22-10-13(16)11-3-5-23(6-4-11)19(25)12-7-17(27-2)15(24)8-14(12)20;6-4-5-2-1-3-5/h10-13,15-16H,3-9,14H2,1-2H3,(H2,26,27);7-11,24H,3-6H2,1-2H3,(H2,21,22);5-6H,1-4H2. The number of phenols is 1. The number of aromatic nitrogens is 2. The van der Waals surface area contributed by atoms with E-state index < -0.39 is 17.5 Å². The van der Waals surface area contributed by atoms with Gasteiger partial charge in [0.15, 0.2) is 23.0 Å². The van der Waals surface area contributed by atoms with Gasteiger partial charge in [-0.05, 0) is 87.2 Å². The number of benzene rings is 2. The number of rotatable bonds is 12. The van der Waals surface area contributed by atoms with Crippen LogP contribution in [0.5, 0.6) is 34.5 Å². The van der Waals surface area contributed by atoms with Crippen LogP contribution < -0.4 is 35.2 Å². The lowest BCUT2D eigenvalue weighted by Gasteiger charge is -2.33. The third-order valence-electron chi connectivity index (χ3n) is 12.9. The summed E-state index contributed by atoms with van der Waals surface area (Å²) >= 11 is 0. The molecule has 17 heteroatoms. The zero-order valence-corrected chi connectivity index (χ0v) is 37.7. The van der Waals surface area contributed by atoms with E-state index >= 15 is 0 Å². The first-order chi connectivity index (χ1) is 31.4. The summed E-state index contributed by atoms with van der Waals surface area (Å²) in [6.07, 6.45) is 13.7. The average Bonchev–Trinajstić information content (AvgIpc) is 3.28. The van der Waals surface area contributed by atoms with Crippen molar-refractivity contribution in [2.75, 3.05) is 79.3 Å². The molecule has 0 bridgehead atoms. The molecule has 2 saturated carbocycles. The maximum atomic E-state index is 14.9. The molecule has 0 radical (unpaired) electrons. The zero-order chi connectivity index (χ0) is 46.6. The fourth-order valence-electron chi connectivity index (χ4n) is 8.40. The Labute approximate surface area is 379 Å². The van der Waals surface area contributed by atoms with Crippen molar-refractivity contribution < 1.29 is 52.3 Å². The summed E-state index contributed by atoms with van der Waals surface area (Å²) in [5.74, 6) is 2.05. The van der Waals surface area contributed by atoms with Gasteiger partial charge in [-0.3, -0.25) is 9.59 Å². The van der Waals surface area contributed by atoms with Crippen molar-refractivity contribution in [3.8, 4) is 34.5 Å². The van der Waals surface area contributed by atoms with Crippen molar-refractivity contribution in [1.82, 2.24) is 19.8 Å². The topological polar surface area (TPSA) is 205 Å². The molecule has 4 aromatic rings. The molecule has 2 aliphatic heterocycles. The quantitative estimate of drug-likeness (QED) is 0.110. The number of methoxy groups -OCH3 is 4. The third-order valence-corrected chi connectivity index (χ3v) is 12.9. The first kappa shape index (κ1) is 48.4. The maximum Gasteiger partial charge on any atom is 0.256 e. The number of carbonyl (C=O) groups is 2. The Kier molecular flexibility index (Phi) is 16.9. The lowest BCUT2D eigenvalue weighted by molar-refractivity contribution is 0.0699. The molecule has 2 aliphatic carbocycles. The highest BCUT2D eigenvalue weighted by atomic mass is 19.1. The molecule has 0 spiro atoms. The molecule has 2 aromatic heterocycles. The van der Waals surface area contributed by atoms with E-state index in [0.29, 0.717) is 98.7 Å². The number of aliphatic hydroxyl groups excluding tert-OH is 1. The lowest BCUT2D eigenvalue weighted by Crippen LogP contribution is -2.38. The van der Waals surface area contributed by atoms with Gasteiger partial charge in [0.05, 0.1) is 46.2 Å². The number of carbonyl (C=O) groups excluding carboxylic acids is 2. The average molecular weight is 905 g/mol. The summed E-state index contributed by atoms with van der Waals surface area (Å²) in [6, 6.07) is 8.24. The fourth-order valence-corrected chi connectivity index (χ4v) is 8.40. The van der Waals surface area contributed by atoms with Crippen LogP contribution in [0.1, 0.15) is 108 Å². The molecule has 0 unspecified atom stereocenters. The molecule has 4 fully saturated rings. The highest BCUT2D eigenvalue weighted by Crippen LogP contribution is 2.38. The van der Waals surface area contributed by atoms with Gasteiger partial charge in [-0.25, -0.2) is 18.7 Å². The van der Waals surface area contributed by atoms with Gasteiger partial charge in [0.2, 0.25) is 0 Å². The first-order valence-corrected chi connectivity index (χ1v) is 22.2. The summed E-state index contributed by atoms with van der Waals surface area (Å²) in [5.41, 5.74) is 13.3. The predicted molar refractivity (Wildman–Crippen MR) is 241 cm³/mol. The SMILES string of the molecule is COc1cc(C(=O)N2CCC(c3cnc(N)cc3OC)CC2)c(F)cc1O.COc1cc(C(=O)N2CCC(c3cnc(N)cc3OC)CC2)c(F)cc1OCC1CCC1.OCC1CCC1. The number of hydrogen-bond acceptors (Lipinski definition) is 13. The van der Waals surface area contributed by atoms with E-state index in [2.05, 4.69) is 9.97 Å². The van der Waals surface area contributed by atoms with Crippen LogP contribution in [0, 0.1) is 23.5 Å². The molecule has 4 aliphatic rings. The van der Waals surface area contributed by atoms with Crippen LogP contribution in [0.3, 0.4) is 0 Å². The molecule has 2 aromatic carbocycles. The Morgan fingerprint density at radius 2 is 1.05 bits per heavy atom. The Morgan fingerprint density at radius 1 is 0.615 bits per heavy atom. The monoisotopic (exact) mass is 904 g/mol. The highest BCUT2D eigenvalue weighted by Gasteiger charge is 2.31. The normalized spacial score (nSPS) is 16.7. The maximum absolute atomic E-state index is 14.9. The van der Waals surface area contributed by atoms with E-state index in [4.69, 9.17) is 40.3 Å². The highest BCUT2D eigenvalue weighted by molar-refractivity contribution is 5.96. The summed E-state index contributed by atoms with van der Waals surface area (Å²) in [5, 5.41) is 18.0. The number of piperidine rings is 2. The van der Waals surface area contributed by atoms with Crippen LogP contribution in [0.2, 0.25) is 0 Å². The van der Waals surface area contributed by atoms with Gasteiger partial charge in [0.25, 0.3) is 11.8 Å². The number of nitrogens with two attached hydrogens (primary N) is 2. The molecule has 2 saturated heterocycles. The third kappa shape index (κ3) is 12.0. The number of halogens is 2. The van der Waals surface area contributed by atoms with Crippen molar-refractivity contribution in [1.29, 1.82) is 0 Å². The van der Waals surface area contributed by atoms with Crippen molar-refractivity contribution in [2.24, 2.45) is 11.8 Å². The second kappa shape index (κ2) is 22.7. The molecule has 0 atom stereocenters. The van der Waals surface area contributed by atoms with E-state index in [1.165, 1.54) is 58.1 Å². The van der Waals surface area contributed by atoms with Crippen LogP contribution in [0.4, 0.5) is 20.4 Å². The molecule has 65 heavy (non-hydrogen) atoms. The molecule has 2 amide bonds. The minimum atomic E-state index is -0.773. The second-order valence-electron chi connectivity index (χ2n) is 16.9. The van der Waals surface area contributed by atoms with Crippen LogP contribution in [-0.2, 0) is 0 Å². The van der Waals surface area contributed by atoms with Gasteiger partial charge in [0.1, 0.15) is 34.8 Å². The van der Waals surface area contributed by atoms with Gasteiger partial charge in [-0.2, -0.15) is 0 Å². The number of ether oxygens (including phenoxy) is 5. The Hall–Kier alpha value is -6.10. The molecule has 352 valence electrons. The summed E-state index contributed by atoms with van der Waals surface area (Å²) in [7, 11) is 6.03. The summed E-state index contributed by atoms with van der Waals surface area (Å²) in [4.78, 5) is 37.4. The predicted octanol–water partition coefficient (Wildman–Crippen LogP) is 7.34. The summed E-state index contributed by atoms with van der Waals surface area (Å²) < 4.78 is 56.0. The number of pyridine rings is 2. The van der Waals surface area contributed by atoms with Crippen molar-refractivity contribution >= 4 is 23.5 Å². The van der Waals surface area contributed by atoms with E-state index in [9.17, 15) is 23.5 Å². The molecular weight excluding hydrogens is 843 g/mol. The first-order valence-electron chi connectivity index (χ1n) is 22.2. The smallest absolute Gasteiger partial charge is 0.256 e. The van der Waals surface area contributed by atoms with Crippen molar-refractivity contribution in [3.05, 3.63) is 82.7 Å². The second-order valence-corrected chi connectivity index (χ2v) is 16.9. The largest absolute Gasteiger partial charge is 0.504 e. The minimum absolute atomic E-state index is 0.00280. The van der Waals surface area contributed by atoms with Gasteiger partial charge < -0.3 is 55.2 Å². The van der Waals surface area contributed by atoms with E-state index in [1.807, 2.05) is 0 Å². The number of nitrogens with zero attached hydrogens (tertiary/aromatic N) is 4. The van der Waals surface area contributed by atoms with E-state index in [-0.39, 0.29) is 40.4 Å². The number of nitrogen functional groups attached to an aromatic ring is 2. The lowest BCUT2D eigenvalue weighted by atomic mass is 9.86. The van der Waals surface area contributed by atoms with Crippen LogP contribution in [0.25, 0.3) is 0 Å². The van der Waals surface area contributed by atoms with Gasteiger partial charge in [-0.15, -0.1) is 0 Å². The zero-order valence-electron chi connectivity index (χ0n) is 37.7. The molecular formula is C48H62F2N6O9. The van der Waals surface area contributed by atoms with Crippen LogP contribution in [-0.4, -0.2) is 110 Å². The molecule has 8 rings (SSSR count). The number of hydrogen-bond donors (Lipinski definition) is 4. The van der Waals surface area contributed by atoms with Crippen molar-refractivity contribution in [3.63, 3.8) is 0 Å².